The number of fused-ring (bicyclic) bond motifs is 1. The van der Waals surface area contributed by atoms with Crippen molar-refractivity contribution in [1.82, 2.24) is 0 Å². The van der Waals surface area contributed by atoms with Crippen LogP contribution < -0.4 is 10.2 Å². The second-order valence-electron chi connectivity index (χ2n) is 5.22. The van der Waals surface area contributed by atoms with E-state index in [9.17, 15) is 9.18 Å². The van der Waals surface area contributed by atoms with Crippen molar-refractivity contribution in [3.8, 4) is 0 Å². The van der Waals surface area contributed by atoms with Crippen LogP contribution in [0.5, 0.6) is 0 Å². The number of carbonyl (C=O) groups is 1. The van der Waals surface area contributed by atoms with Crippen LogP contribution in [0.4, 0.5) is 15.8 Å². The summed E-state index contributed by atoms with van der Waals surface area (Å²) in [6.45, 7) is 2.66. The van der Waals surface area contributed by atoms with E-state index in [0.717, 1.165) is 18.7 Å². The second-order valence-corrected chi connectivity index (χ2v) is 5.22. The van der Waals surface area contributed by atoms with Gasteiger partial charge in [0.25, 0.3) is 0 Å². The Labute approximate surface area is 123 Å². The number of hydrogen-bond donors (Lipinski definition) is 1. The number of para-hydroxylation sites is 2. The lowest BCUT2D eigenvalue weighted by Crippen LogP contribution is -2.41. The first kappa shape index (κ1) is 13.6. The van der Waals surface area contributed by atoms with E-state index in [0.29, 0.717) is 0 Å². The van der Waals surface area contributed by atoms with E-state index >= 15 is 0 Å². The molecule has 1 atom stereocenters. The quantitative estimate of drug-likeness (QED) is 0.938. The molecule has 0 unspecified atom stereocenters. The van der Waals surface area contributed by atoms with Crippen molar-refractivity contribution in [2.45, 2.75) is 19.4 Å². The highest BCUT2D eigenvalue weighted by atomic mass is 19.1. The summed E-state index contributed by atoms with van der Waals surface area (Å²) in [4.78, 5) is 14.4. The van der Waals surface area contributed by atoms with Gasteiger partial charge in [-0.15, -0.1) is 0 Å². The van der Waals surface area contributed by atoms with Crippen LogP contribution in [0.25, 0.3) is 0 Å². The lowest BCUT2D eigenvalue weighted by molar-refractivity contribution is -0.117. The van der Waals surface area contributed by atoms with E-state index in [1.54, 1.807) is 18.2 Å². The minimum atomic E-state index is -0.417. The summed E-state index contributed by atoms with van der Waals surface area (Å²) in [5.74, 6) is -0.614. The van der Waals surface area contributed by atoms with E-state index in [1.165, 1.54) is 11.6 Å². The summed E-state index contributed by atoms with van der Waals surface area (Å²) in [6.07, 6.45) is 0.938. The molecule has 0 aromatic heterocycles. The number of benzene rings is 2. The van der Waals surface area contributed by atoms with Crippen LogP contribution in [0.2, 0.25) is 0 Å². The van der Waals surface area contributed by atoms with E-state index in [2.05, 4.69) is 16.3 Å². The van der Waals surface area contributed by atoms with Gasteiger partial charge in [-0.05, 0) is 37.1 Å². The fourth-order valence-electron chi connectivity index (χ4n) is 2.71. The van der Waals surface area contributed by atoms with Crippen molar-refractivity contribution >= 4 is 17.3 Å². The van der Waals surface area contributed by atoms with Gasteiger partial charge < -0.3 is 10.2 Å². The van der Waals surface area contributed by atoms with E-state index in [4.69, 9.17) is 0 Å². The number of halogens is 1. The van der Waals surface area contributed by atoms with E-state index in [1.807, 2.05) is 25.1 Å². The van der Waals surface area contributed by atoms with Gasteiger partial charge >= 0.3 is 0 Å². The summed E-state index contributed by atoms with van der Waals surface area (Å²) in [7, 11) is 0. The van der Waals surface area contributed by atoms with E-state index in [-0.39, 0.29) is 17.6 Å². The van der Waals surface area contributed by atoms with Crippen LogP contribution in [0.3, 0.4) is 0 Å². The third kappa shape index (κ3) is 2.61. The maximum absolute atomic E-state index is 13.6. The molecule has 108 valence electrons. The van der Waals surface area contributed by atoms with Gasteiger partial charge in [0.1, 0.15) is 11.9 Å². The predicted molar refractivity (Wildman–Crippen MR) is 82.0 cm³/mol. The fourth-order valence-corrected chi connectivity index (χ4v) is 2.71. The number of hydrogen-bond acceptors (Lipinski definition) is 2. The molecule has 0 spiro atoms. The Hall–Kier alpha value is -2.36. The van der Waals surface area contributed by atoms with Gasteiger partial charge in [0.15, 0.2) is 0 Å². The number of amides is 1. The van der Waals surface area contributed by atoms with Crippen LogP contribution >= 0.6 is 0 Å². The minimum Gasteiger partial charge on any atom is -0.359 e. The first-order valence-electron chi connectivity index (χ1n) is 7.07. The molecule has 0 aliphatic carbocycles. The maximum atomic E-state index is 13.6. The van der Waals surface area contributed by atoms with Crippen LogP contribution in [0.1, 0.15) is 12.5 Å². The number of rotatable bonds is 3. The molecule has 4 heteroatoms. The summed E-state index contributed by atoms with van der Waals surface area (Å²) < 4.78 is 13.6. The largest absolute Gasteiger partial charge is 0.359 e. The number of nitrogens with zero attached hydrogens (tertiary/aromatic N) is 1. The standard InChI is InChI=1S/C17H17FN2O/c1-12(17(21)19-15-8-4-3-7-14(15)18)20-11-10-13-6-2-5-9-16(13)20/h2-9,12H,10-11H2,1H3,(H,19,21)/t12-/m1/s1. The monoisotopic (exact) mass is 284 g/mol. The molecule has 1 aliphatic rings. The fraction of sp³-hybridized carbons (Fsp3) is 0.235. The van der Waals surface area contributed by atoms with Crippen molar-refractivity contribution in [3.05, 3.63) is 59.9 Å². The number of anilines is 2. The summed E-state index contributed by atoms with van der Waals surface area (Å²) in [5.41, 5.74) is 2.57. The van der Waals surface area contributed by atoms with Crippen molar-refractivity contribution in [2.75, 3.05) is 16.8 Å². The molecule has 3 rings (SSSR count). The highest BCUT2D eigenvalue weighted by Gasteiger charge is 2.27. The Balaban J connectivity index is 1.76. The average molecular weight is 284 g/mol. The van der Waals surface area contributed by atoms with Crippen molar-refractivity contribution in [1.29, 1.82) is 0 Å². The Kier molecular flexibility index (Phi) is 3.60. The van der Waals surface area contributed by atoms with Gasteiger partial charge in [-0.3, -0.25) is 4.79 Å². The van der Waals surface area contributed by atoms with Crippen LogP contribution in [-0.4, -0.2) is 18.5 Å². The molecule has 1 heterocycles. The summed E-state index contributed by atoms with van der Waals surface area (Å²) in [5, 5.41) is 2.66. The lowest BCUT2D eigenvalue weighted by atomic mass is 10.1. The molecule has 3 nitrogen and oxygen atoms in total. The minimum absolute atomic E-state index is 0.197. The topological polar surface area (TPSA) is 32.3 Å². The van der Waals surface area contributed by atoms with Gasteiger partial charge in [-0.1, -0.05) is 30.3 Å². The molecule has 0 fully saturated rings. The zero-order valence-corrected chi connectivity index (χ0v) is 11.8. The van der Waals surface area contributed by atoms with Crippen molar-refractivity contribution in [2.24, 2.45) is 0 Å². The summed E-state index contributed by atoms with van der Waals surface area (Å²) in [6, 6.07) is 14.0. The van der Waals surface area contributed by atoms with Gasteiger partial charge in [0.2, 0.25) is 5.91 Å². The second kappa shape index (κ2) is 5.56. The average Bonchev–Trinajstić information content (AvgIpc) is 2.92. The molecule has 1 N–H and O–H groups in total. The molecule has 1 amide bonds. The maximum Gasteiger partial charge on any atom is 0.246 e. The summed E-state index contributed by atoms with van der Waals surface area (Å²) >= 11 is 0. The zero-order valence-electron chi connectivity index (χ0n) is 11.8. The molecule has 0 saturated carbocycles. The van der Waals surface area contributed by atoms with Crippen LogP contribution in [-0.2, 0) is 11.2 Å². The predicted octanol–water partition coefficient (Wildman–Crippen LogP) is 3.22. The number of nitrogens with one attached hydrogen (secondary N) is 1. The van der Waals surface area contributed by atoms with Crippen molar-refractivity contribution < 1.29 is 9.18 Å². The zero-order chi connectivity index (χ0) is 14.8. The van der Waals surface area contributed by atoms with Gasteiger partial charge in [-0.2, -0.15) is 0 Å². The Morgan fingerprint density at radius 2 is 1.90 bits per heavy atom. The molecule has 21 heavy (non-hydrogen) atoms. The lowest BCUT2D eigenvalue weighted by Gasteiger charge is -2.26. The normalized spacial score (nSPS) is 14.7. The SMILES string of the molecule is C[C@H](C(=O)Nc1ccccc1F)N1CCc2ccccc21. The molecular formula is C17H17FN2O. The Morgan fingerprint density at radius 1 is 1.19 bits per heavy atom. The molecule has 2 aromatic rings. The molecular weight excluding hydrogens is 267 g/mol. The van der Waals surface area contributed by atoms with Crippen LogP contribution in [0.15, 0.2) is 48.5 Å². The van der Waals surface area contributed by atoms with Crippen molar-refractivity contribution in [3.63, 3.8) is 0 Å². The first-order valence-corrected chi connectivity index (χ1v) is 7.07. The molecule has 0 radical (unpaired) electrons. The highest BCUT2D eigenvalue weighted by molar-refractivity contribution is 5.97. The van der Waals surface area contributed by atoms with Gasteiger partial charge in [0.05, 0.1) is 5.69 Å². The third-order valence-corrected chi connectivity index (χ3v) is 3.90. The molecule has 0 bridgehead atoms. The van der Waals surface area contributed by atoms with Gasteiger partial charge in [-0.25, -0.2) is 4.39 Å². The number of carbonyl (C=O) groups excluding carboxylic acids is 1. The first-order chi connectivity index (χ1) is 10.2. The molecule has 1 aliphatic heterocycles. The highest BCUT2D eigenvalue weighted by Crippen LogP contribution is 2.29. The molecule has 0 saturated heterocycles. The Morgan fingerprint density at radius 3 is 2.71 bits per heavy atom. The smallest absolute Gasteiger partial charge is 0.246 e. The van der Waals surface area contributed by atoms with Crippen LogP contribution in [0, 0.1) is 5.82 Å². The van der Waals surface area contributed by atoms with Gasteiger partial charge in [0, 0.05) is 12.2 Å². The third-order valence-electron chi connectivity index (χ3n) is 3.90. The Bertz CT molecular complexity index is 671. The van der Waals surface area contributed by atoms with E-state index < -0.39 is 5.82 Å². The molecule has 2 aromatic carbocycles.